The topological polar surface area (TPSA) is 52.6 Å². The Hall–Kier alpha value is -0.700. The van der Waals surface area contributed by atoms with E-state index in [1.165, 1.54) is 24.8 Å². The summed E-state index contributed by atoms with van der Waals surface area (Å²) in [6, 6.07) is 4.60. The first kappa shape index (κ1) is 20.3. The Balaban J connectivity index is 0.00000264. The monoisotopic (exact) mass is 449 g/mol. The average Bonchev–Trinajstić information content (AvgIpc) is 2.99. The van der Waals surface area contributed by atoms with Crippen molar-refractivity contribution in [3.8, 4) is 0 Å². The van der Waals surface area contributed by atoms with E-state index in [-0.39, 0.29) is 24.0 Å². The van der Waals surface area contributed by atoms with Crippen LogP contribution in [0.25, 0.3) is 0 Å². The number of aromatic nitrogens is 1. The average molecular weight is 449 g/mol. The molecule has 0 amide bonds. The van der Waals surface area contributed by atoms with Crippen molar-refractivity contribution in [2.75, 3.05) is 32.3 Å². The quantitative estimate of drug-likeness (QED) is 0.412. The van der Waals surface area contributed by atoms with Crippen molar-refractivity contribution >= 4 is 47.5 Å². The molecule has 5 nitrogen and oxygen atoms in total. The van der Waals surface area contributed by atoms with Crippen LogP contribution in [-0.2, 0) is 6.54 Å². The second kappa shape index (κ2) is 10.2. The van der Waals surface area contributed by atoms with Gasteiger partial charge in [-0.2, -0.15) is 11.8 Å². The third kappa shape index (κ3) is 6.02. The van der Waals surface area contributed by atoms with Crippen molar-refractivity contribution in [2.45, 2.75) is 37.1 Å². The maximum atomic E-state index is 4.43. The van der Waals surface area contributed by atoms with Crippen LogP contribution in [0.15, 0.2) is 23.3 Å². The standard InChI is InChI=1S/C16H27N5S.HI/c1-17-16(20-13-7-8-14(10-13)22-4)19-11-12-6-5-9-18-15(12)21(2)3;/h5-6,9,13-14H,7-8,10-11H2,1-4H3,(H2,17,19,20);1H. The van der Waals surface area contributed by atoms with Crippen LogP contribution in [0.2, 0.25) is 0 Å². The van der Waals surface area contributed by atoms with Gasteiger partial charge in [0.1, 0.15) is 5.82 Å². The second-order valence-electron chi connectivity index (χ2n) is 5.82. The predicted molar refractivity (Wildman–Crippen MR) is 112 cm³/mol. The molecule has 1 aliphatic carbocycles. The highest BCUT2D eigenvalue weighted by Gasteiger charge is 2.24. The lowest BCUT2D eigenvalue weighted by molar-refractivity contribution is 0.614. The molecule has 0 saturated heterocycles. The van der Waals surface area contributed by atoms with Gasteiger partial charge < -0.3 is 15.5 Å². The number of anilines is 1. The first-order valence-corrected chi connectivity index (χ1v) is 9.04. The Morgan fingerprint density at radius 2 is 2.22 bits per heavy atom. The molecule has 1 aromatic rings. The molecule has 0 spiro atoms. The summed E-state index contributed by atoms with van der Waals surface area (Å²) in [4.78, 5) is 10.8. The Morgan fingerprint density at radius 1 is 1.43 bits per heavy atom. The predicted octanol–water partition coefficient (Wildman–Crippen LogP) is 2.71. The first-order chi connectivity index (χ1) is 10.6. The molecule has 2 unspecified atom stereocenters. The van der Waals surface area contributed by atoms with E-state index in [9.17, 15) is 0 Å². The molecule has 1 fully saturated rings. The van der Waals surface area contributed by atoms with Gasteiger partial charge in [0.05, 0.1) is 0 Å². The molecule has 7 heteroatoms. The van der Waals surface area contributed by atoms with Crippen LogP contribution in [0.3, 0.4) is 0 Å². The number of hydrogen-bond acceptors (Lipinski definition) is 4. The molecule has 1 saturated carbocycles. The van der Waals surface area contributed by atoms with Crippen molar-refractivity contribution < 1.29 is 0 Å². The zero-order valence-corrected chi connectivity index (χ0v) is 17.5. The number of thioether (sulfide) groups is 1. The molecule has 2 N–H and O–H groups in total. The van der Waals surface area contributed by atoms with Crippen molar-refractivity contribution in [1.82, 2.24) is 15.6 Å². The molecule has 0 radical (unpaired) electrons. The highest BCUT2D eigenvalue weighted by molar-refractivity contribution is 14.0. The van der Waals surface area contributed by atoms with Crippen molar-refractivity contribution in [1.29, 1.82) is 0 Å². The van der Waals surface area contributed by atoms with Gasteiger partial charge in [-0.25, -0.2) is 4.98 Å². The molecule has 1 aromatic heterocycles. The smallest absolute Gasteiger partial charge is 0.191 e. The minimum atomic E-state index is 0. The maximum absolute atomic E-state index is 4.43. The summed E-state index contributed by atoms with van der Waals surface area (Å²) < 4.78 is 0. The highest BCUT2D eigenvalue weighted by atomic mass is 127. The van der Waals surface area contributed by atoms with E-state index in [1.54, 1.807) is 0 Å². The van der Waals surface area contributed by atoms with Crippen molar-refractivity contribution in [3.63, 3.8) is 0 Å². The molecule has 2 rings (SSSR count). The fourth-order valence-electron chi connectivity index (χ4n) is 2.82. The van der Waals surface area contributed by atoms with Gasteiger partial charge >= 0.3 is 0 Å². The zero-order valence-electron chi connectivity index (χ0n) is 14.4. The van der Waals surface area contributed by atoms with Gasteiger partial charge in [-0.1, -0.05) is 6.07 Å². The van der Waals surface area contributed by atoms with Gasteiger partial charge in [-0.15, -0.1) is 24.0 Å². The van der Waals surface area contributed by atoms with Gasteiger partial charge in [-0.05, 0) is 31.6 Å². The number of aliphatic imine (C=N–C) groups is 1. The van der Waals surface area contributed by atoms with Gasteiger partial charge in [0.15, 0.2) is 5.96 Å². The third-order valence-electron chi connectivity index (χ3n) is 4.02. The number of rotatable bonds is 5. The zero-order chi connectivity index (χ0) is 15.9. The van der Waals surface area contributed by atoms with Crippen LogP contribution in [0.5, 0.6) is 0 Å². The Bertz CT molecular complexity index is 509. The van der Waals surface area contributed by atoms with E-state index in [2.05, 4.69) is 32.9 Å². The van der Waals surface area contributed by atoms with E-state index in [0.717, 1.165) is 23.6 Å². The molecule has 0 aliphatic heterocycles. The minimum absolute atomic E-state index is 0. The van der Waals surface area contributed by atoms with Gasteiger partial charge in [0.2, 0.25) is 0 Å². The fraction of sp³-hybridized carbons (Fsp3) is 0.625. The molecule has 2 atom stereocenters. The largest absolute Gasteiger partial charge is 0.362 e. The van der Waals surface area contributed by atoms with Crippen LogP contribution in [-0.4, -0.2) is 49.6 Å². The number of nitrogens with zero attached hydrogens (tertiary/aromatic N) is 3. The van der Waals surface area contributed by atoms with Gasteiger partial charge in [0, 0.05) is 50.7 Å². The molecular weight excluding hydrogens is 421 g/mol. The molecular formula is C16H28IN5S. The normalized spacial score (nSPS) is 20.8. The van der Waals surface area contributed by atoms with Crippen molar-refractivity contribution in [3.05, 3.63) is 23.9 Å². The summed E-state index contributed by atoms with van der Waals surface area (Å²) in [5.41, 5.74) is 1.17. The lowest BCUT2D eigenvalue weighted by atomic mass is 10.2. The molecule has 130 valence electrons. The Morgan fingerprint density at radius 3 is 2.83 bits per heavy atom. The lowest BCUT2D eigenvalue weighted by Gasteiger charge is -2.19. The van der Waals surface area contributed by atoms with Crippen molar-refractivity contribution in [2.24, 2.45) is 4.99 Å². The summed E-state index contributed by atoms with van der Waals surface area (Å²) in [6.45, 7) is 0.722. The van der Waals surface area contributed by atoms with E-state index >= 15 is 0 Å². The van der Waals surface area contributed by atoms with E-state index in [4.69, 9.17) is 0 Å². The molecule has 1 heterocycles. The SMILES string of the molecule is CN=C(NCc1cccnc1N(C)C)NC1CCC(SC)C1.I. The van der Waals surface area contributed by atoms with E-state index in [0.29, 0.717) is 6.04 Å². The fourth-order valence-corrected chi connectivity index (χ4v) is 3.62. The Kier molecular flexibility index (Phi) is 9.04. The van der Waals surface area contributed by atoms with Gasteiger partial charge in [-0.3, -0.25) is 4.99 Å². The van der Waals surface area contributed by atoms with Crippen LogP contribution in [0, 0.1) is 0 Å². The summed E-state index contributed by atoms with van der Waals surface area (Å²) in [7, 11) is 5.85. The number of guanidine groups is 1. The van der Waals surface area contributed by atoms with E-state index < -0.39 is 0 Å². The van der Waals surface area contributed by atoms with Crippen LogP contribution in [0.4, 0.5) is 5.82 Å². The number of pyridine rings is 1. The Labute approximate surface area is 161 Å². The van der Waals surface area contributed by atoms with Crippen LogP contribution < -0.4 is 15.5 Å². The van der Waals surface area contributed by atoms with E-state index in [1.807, 2.05) is 50.1 Å². The first-order valence-electron chi connectivity index (χ1n) is 7.75. The molecule has 0 aromatic carbocycles. The summed E-state index contributed by atoms with van der Waals surface area (Å²) in [5, 5.41) is 7.73. The van der Waals surface area contributed by atoms with Crippen LogP contribution >= 0.6 is 35.7 Å². The molecule has 1 aliphatic rings. The third-order valence-corrected chi connectivity index (χ3v) is 5.11. The summed E-state index contributed by atoms with van der Waals surface area (Å²) in [6.07, 6.45) is 7.77. The lowest BCUT2D eigenvalue weighted by Crippen LogP contribution is -2.42. The number of nitrogens with one attached hydrogen (secondary N) is 2. The highest BCUT2D eigenvalue weighted by Crippen LogP contribution is 2.28. The second-order valence-corrected chi connectivity index (χ2v) is 6.96. The minimum Gasteiger partial charge on any atom is -0.362 e. The summed E-state index contributed by atoms with van der Waals surface area (Å²) >= 11 is 1.97. The number of halogens is 1. The molecule has 23 heavy (non-hydrogen) atoms. The summed E-state index contributed by atoms with van der Waals surface area (Å²) in [5.74, 6) is 1.87. The maximum Gasteiger partial charge on any atom is 0.191 e. The van der Waals surface area contributed by atoms with Crippen LogP contribution in [0.1, 0.15) is 24.8 Å². The van der Waals surface area contributed by atoms with Gasteiger partial charge in [0.25, 0.3) is 0 Å². The number of hydrogen-bond donors (Lipinski definition) is 2. The molecule has 0 bridgehead atoms.